The van der Waals surface area contributed by atoms with Crippen molar-refractivity contribution in [2.45, 2.75) is 26.2 Å². The van der Waals surface area contributed by atoms with Gasteiger partial charge in [0.2, 0.25) is 5.91 Å². The summed E-state index contributed by atoms with van der Waals surface area (Å²) < 4.78 is 4.88. The van der Waals surface area contributed by atoms with Gasteiger partial charge in [0, 0.05) is 39.8 Å². The first kappa shape index (κ1) is 13.4. The molecule has 4 heteroatoms. The number of amides is 1. The number of hydrogen-bond acceptors (Lipinski definition) is 3. The summed E-state index contributed by atoms with van der Waals surface area (Å²) in [5.41, 5.74) is 0. The third-order valence-corrected chi connectivity index (χ3v) is 2.06. The Hall–Kier alpha value is -0.610. The summed E-state index contributed by atoms with van der Waals surface area (Å²) in [4.78, 5) is 13.3. The lowest BCUT2D eigenvalue weighted by Gasteiger charge is -2.20. The van der Waals surface area contributed by atoms with Crippen molar-refractivity contribution in [3.63, 3.8) is 0 Å². The molecule has 0 aromatic heterocycles. The number of aliphatic hydroxyl groups excluding tert-OH is 1. The molecular formula is C10H21NO3. The molecule has 0 aromatic rings. The van der Waals surface area contributed by atoms with Crippen molar-refractivity contribution in [2.75, 3.05) is 33.4 Å². The molecule has 0 heterocycles. The lowest BCUT2D eigenvalue weighted by atomic mass is 10.2. The quantitative estimate of drug-likeness (QED) is 0.589. The Morgan fingerprint density at radius 2 is 2.14 bits per heavy atom. The van der Waals surface area contributed by atoms with Crippen LogP contribution >= 0.6 is 0 Å². The van der Waals surface area contributed by atoms with Crippen LogP contribution in [-0.2, 0) is 9.53 Å². The fraction of sp³-hybridized carbons (Fsp3) is 0.900. The lowest BCUT2D eigenvalue weighted by Crippen LogP contribution is -2.32. The van der Waals surface area contributed by atoms with Crippen LogP contribution in [0.1, 0.15) is 26.2 Å². The van der Waals surface area contributed by atoms with Crippen molar-refractivity contribution < 1.29 is 14.6 Å². The zero-order valence-corrected chi connectivity index (χ0v) is 9.16. The summed E-state index contributed by atoms with van der Waals surface area (Å²) >= 11 is 0. The van der Waals surface area contributed by atoms with Gasteiger partial charge in [-0.3, -0.25) is 4.79 Å². The van der Waals surface area contributed by atoms with E-state index in [0.29, 0.717) is 32.5 Å². The number of carbonyl (C=O) groups is 1. The Morgan fingerprint density at radius 1 is 1.43 bits per heavy atom. The van der Waals surface area contributed by atoms with Gasteiger partial charge in [-0.15, -0.1) is 0 Å². The number of aliphatic hydroxyl groups is 1. The van der Waals surface area contributed by atoms with Crippen molar-refractivity contribution in [1.82, 2.24) is 4.90 Å². The highest BCUT2D eigenvalue weighted by Gasteiger charge is 2.09. The van der Waals surface area contributed by atoms with Crippen molar-refractivity contribution in [3.05, 3.63) is 0 Å². The van der Waals surface area contributed by atoms with Gasteiger partial charge in [-0.25, -0.2) is 0 Å². The van der Waals surface area contributed by atoms with Gasteiger partial charge < -0.3 is 14.7 Å². The van der Waals surface area contributed by atoms with Crippen LogP contribution in [0.3, 0.4) is 0 Å². The number of hydrogen-bond donors (Lipinski definition) is 1. The van der Waals surface area contributed by atoms with E-state index in [1.54, 1.807) is 12.0 Å². The Bertz CT molecular complexity index is 150. The van der Waals surface area contributed by atoms with Crippen molar-refractivity contribution >= 4 is 5.91 Å². The molecule has 1 N–H and O–H groups in total. The molecule has 0 fully saturated rings. The van der Waals surface area contributed by atoms with Crippen molar-refractivity contribution in [1.29, 1.82) is 0 Å². The number of ether oxygens (including phenoxy) is 1. The smallest absolute Gasteiger partial charge is 0.222 e. The Balaban J connectivity index is 3.67. The summed E-state index contributed by atoms with van der Waals surface area (Å²) in [5, 5.41) is 8.65. The fourth-order valence-electron chi connectivity index (χ4n) is 1.25. The maximum absolute atomic E-state index is 11.5. The summed E-state index contributed by atoms with van der Waals surface area (Å²) in [6.45, 7) is 4.08. The Kier molecular flexibility index (Phi) is 8.57. The predicted octanol–water partition coefficient (Wildman–Crippen LogP) is 0.644. The average Bonchev–Trinajstić information content (AvgIpc) is 2.19. The highest BCUT2D eigenvalue weighted by Crippen LogP contribution is 1.99. The van der Waals surface area contributed by atoms with Crippen LogP contribution < -0.4 is 0 Å². The molecule has 4 nitrogen and oxygen atoms in total. The minimum Gasteiger partial charge on any atom is -0.396 e. The second-order valence-corrected chi connectivity index (χ2v) is 3.15. The van der Waals surface area contributed by atoms with E-state index in [4.69, 9.17) is 9.84 Å². The first-order chi connectivity index (χ1) is 6.76. The number of methoxy groups -OCH3 is 1. The van der Waals surface area contributed by atoms with Crippen LogP contribution in [0.25, 0.3) is 0 Å². The predicted molar refractivity (Wildman–Crippen MR) is 55.1 cm³/mol. The zero-order chi connectivity index (χ0) is 10.8. The van der Waals surface area contributed by atoms with Crippen LogP contribution in [-0.4, -0.2) is 49.3 Å². The van der Waals surface area contributed by atoms with Gasteiger partial charge in [-0.05, 0) is 19.8 Å². The van der Waals surface area contributed by atoms with Gasteiger partial charge in [-0.1, -0.05) is 0 Å². The first-order valence-electron chi connectivity index (χ1n) is 5.13. The van der Waals surface area contributed by atoms with Crippen molar-refractivity contribution in [2.24, 2.45) is 0 Å². The normalized spacial score (nSPS) is 10.2. The molecule has 14 heavy (non-hydrogen) atoms. The standard InChI is InChI=1S/C10H21NO3/c1-3-11(7-5-8-12)10(13)6-4-9-14-2/h12H,3-9H2,1-2H3. The van der Waals surface area contributed by atoms with E-state index in [2.05, 4.69) is 0 Å². The van der Waals surface area contributed by atoms with Gasteiger partial charge in [0.25, 0.3) is 0 Å². The van der Waals surface area contributed by atoms with Gasteiger partial charge >= 0.3 is 0 Å². The Labute approximate surface area is 85.9 Å². The van der Waals surface area contributed by atoms with Crippen molar-refractivity contribution in [3.8, 4) is 0 Å². The maximum atomic E-state index is 11.5. The van der Waals surface area contributed by atoms with Crippen LogP contribution in [0, 0.1) is 0 Å². The molecule has 0 aliphatic carbocycles. The Morgan fingerprint density at radius 3 is 2.64 bits per heavy atom. The van der Waals surface area contributed by atoms with Gasteiger partial charge in [0.05, 0.1) is 0 Å². The van der Waals surface area contributed by atoms with Crippen LogP contribution in [0.2, 0.25) is 0 Å². The van der Waals surface area contributed by atoms with Crippen LogP contribution in [0.5, 0.6) is 0 Å². The summed E-state index contributed by atoms with van der Waals surface area (Å²) in [7, 11) is 1.63. The van der Waals surface area contributed by atoms with Gasteiger partial charge in [0.15, 0.2) is 0 Å². The second-order valence-electron chi connectivity index (χ2n) is 3.15. The molecule has 0 aliphatic rings. The monoisotopic (exact) mass is 203 g/mol. The van der Waals surface area contributed by atoms with E-state index in [1.165, 1.54) is 0 Å². The highest BCUT2D eigenvalue weighted by molar-refractivity contribution is 5.76. The maximum Gasteiger partial charge on any atom is 0.222 e. The molecule has 0 radical (unpaired) electrons. The molecule has 84 valence electrons. The van der Waals surface area contributed by atoms with Crippen LogP contribution in [0.4, 0.5) is 0 Å². The topological polar surface area (TPSA) is 49.8 Å². The summed E-state index contributed by atoms with van der Waals surface area (Å²) in [6, 6.07) is 0. The van der Waals surface area contributed by atoms with E-state index >= 15 is 0 Å². The highest BCUT2D eigenvalue weighted by atomic mass is 16.5. The summed E-state index contributed by atoms with van der Waals surface area (Å²) in [5.74, 6) is 0.151. The molecular weight excluding hydrogens is 182 g/mol. The molecule has 0 rings (SSSR count). The molecule has 0 bridgehead atoms. The molecule has 0 saturated heterocycles. The molecule has 0 spiro atoms. The molecule has 1 amide bonds. The second kappa shape index (κ2) is 8.97. The summed E-state index contributed by atoms with van der Waals surface area (Å²) in [6.07, 6.45) is 1.96. The van der Waals surface area contributed by atoms with E-state index in [9.17, 15) is 4.79 Å². The van der Waals surface area contributed by atoms with E-state index < -0.39 is 0 Å². The minimum atomic E-state index is 0.141. The molecule has 0 aromatic carbocycles. The van der Waals surface area contributed by atoms with E-state index in [1.807, 2.05) is 6.92 Å². The third kappa shape index (κ3) is 5.94. The van der Waals surface area contributed by atoms with E-state index in [-0.39, 0.29) is 12.5 Å². The van der Waals surface area contributed by atoms with Gasteiger partial charge in [0.1, 0.15) is 0 Å². The molecule has 0 aliphatic heterocycles. The number of nitrogens with zero attached hydrogens (tertiary/aromatic N) is 1. The zero-order valence-electron chi connectivity index (χ0n) is 9.16. The van der Waals surface area contributed by atoms with E-state index in [0.717, 1.165) is 6.42 Å². The van der Waals surface area contributed by atoms with Gasteiger partial charge in [-0.2, -0.15) is 0 Å². The minimum absolute atomic E-state index is 0.141. The first-order valence-corrected chi connectivity index (χ1v) is 5.13. The number of rotatable bonds is 8. The third-order valence-electron chi connectivity index (χ3n) is 2.06. The lowest BCUT2D eigenvalue weighted by molar-refractivity contribution is -0.131. The molecule has 0 atom stereocenters. The molecule has 0 saturated carbocycles. The van der Waals surface area contributed by atoms with Crippen LogP contribution in [0.15, 0.2) is 0 Å². The number of carbonyl (C=O) groups excluding carboxylic acids is 1. The average molecular weight is 203 g/mol. The largest absolute Gasteiger partial charge is 0.396 e. The fourth-order valence-corrected chi connectivity index (χ4v) is 1.25. The SMILES string of the molecule is CCN(CCCO)C(=O)CCCOC. The molecule has 0 unspecified atom stereocenters.